The molecule has 160 valence electrons. The quantitative estimate of drug-likeness (QED) is 0.545. The molecule has 0 amide bonds. The summed E-state index contributed by atoms with van der Waals surface area (Å²) in [6, 6.07) is 8.15. The Labute approximate surface area is 178 Å². The monoisotopic (exact) mass is 419 g/mol. The molecule has 2 saturated heterocycles. The second-order valence-electron chi connectivity index (χ2n) is 8.42. The van der Waals surface area contributed by atoms with Crippen LogP contribution in [0.2, 0.25) is 0 Å². The van der Waals surface area contributed by atoms with Crippen LogP contribution in [0.4, 0.5) is 0 Å². The van der Waals surface area contributed by atoms with Gasteiger partial charge in [0.05, 0.1) is 35.9 Å². The summed E-state index contributed by atoms with van der Waals surface area (Å²) in [5, 5.41) is 12.1. The van der Waals surface area contributed by atoms with Gasteiger partial charge in [0.1, 0.15) is 12.0 Å². The van der Waals surface area contributed by atoms with Crippen LogP contribution >= 0.6 is 0 Å². The topological polar surface area (TPSA) is 91.3 Å². The molecule has 6 rings (SSSR count). The van der Waals surface area contributed by atoms with E-state index in [9.17, 15) is 4.79 Å². The lowest BCUT2D eigenvalue weighted by Crippen LogP contribution is -2.32. The molecule has 2 atom stereocenters. The number of nitrogens with zero attached hydrogens (tertiary/aromatic N) is 6. The average Bonchev–Trinajstić information content (AvgIpc) is 3.57. The van der Waals surface area contributed by atoms with Crippen LogP contribution in [0.15, 0.2) is 41.6 Å². The fraction of sp³-hybridized carbons (Fsp3) is 0.455. The van der Waals surface area contributed by atoms with Crippen LogP contribution in [0.1, 0.15) is 43.8 Å². The van der Waals surface area contributed by atoms with E-state index in [0.29, 0.717) is 17.9 Å². The fourth-order valence-corrected chi connectivity index (χ4v) is 4.83. The summed E-state index contributed by atoms with van der Waals surface area (Å²) in [7, 11) is 0. The number of hydrogen-bond acceptors (Lipinski definition) is 6. The lowest BCUT2D eigenvalue weighted by Gasteiger charge is -2.24. The molecule has 0 bridgehead atoms. The van der Waals surface area contributed by atoms with Crippen LogP contribution in [-0.4, -0.2) is 48.2 Å². The third kappa shape index (κ3) is 3.16. The number of ether oxygens (including phenoxy) is 1. The van der Waals surface area contributed by atoms with E-state index in [4.69, 9.17) is 4.74 Å². The van der Waals surface area contributed by atoms with Crippen molar-refractivity contribution in [3.8, 4) is 5.82 Å². The minimum absolute atomic E-state index is 0.0510. The molecule has 0 radical (unpaired) electrons. The lowest BCUT2D eigenvalue weighted by atomic mass is 10.1. The molecule has 5 heterocycles. The highest BCUT2D eigenvalue weighted by atomic mass is 16.5. The van der Waals surface area contributed by atoms with Gasteiger partial charge in [0.25, 0.3) is 5.56 Å². The number of hydrogen-bond donors (Lipinski definition) is 1. The smallest absolute Gasteiger partial charge is 0.279 e. The van der Waals surface area contributed by atoms with Crippen molar-refractivity contribution in [1.82, 2.24) is 34.3 Å². The molecule has 1 N–H and O–H groups in total. The maximum absolute atomic E-state index is 13.7. The third-order valence-corrected chi connectivity index (χ3v) is 6.43. The van der Waals surface area contributed by atoms with Gasteiger partial charge in [0.15, 0.2) is 11.3 Å². The zero-order valence-electron chi connectivity index (χ0n) is 17.3. The first kappa shape index (κ1) is 18.7. The van der Waals surface area contributed by atoms with E-state index in [0.717, 1.165) is 62.0 Å². The molecule has 2 unspecified atom stereocenters. The number of nitrogens with one attached hydrogen (secondary N) is 1. The SMILES string of the molecule is O=c1c2c(-n3cc(C4CCCN4)nn3)ncn2c2ccccc2n1CC1CCCCO1. The normalized spacial score (nSPS) is 21.9. The summed E-state index contributed by atoms with van der Waals surface area (Å²) in [6.45, 7) is 2.29. The highest BCUT2D eigenvalue weighted by Crippen LogP contribution is 2.23. The summed E-state index contributed by atoms with van der Waals surface area (Å²) >= 11 is 0. The van der Waals surface area contributed by atoms with Gasteiger partial charge in [-0.15, -0.1) is 5.10 Å². The summed E-state index contributed by atoms with van der Waals surface area (Å²) in [5.41, 5.74) is 3.12. The Hall–Kier alpha value is -3.04. The first-order valence-electron chi connectivity index (χ1n) is 11.1. The molecule has 4 aromatic rings. The van der Waals surface area contributed by atoms with E-state index in [-0.39, 0.29) is 17.7 Å². The van der Waals surface area contributed by atoms with Crippen LogP contribution in [0.25, 0.3) is 22.4 Å². The van der Waals surface area contributed by atoms with Crippen LogP contribution in [-0.2, 0) is 11.3 Å². The summed E-state index contributed by atoms with van der Waals surface area (Å²) < 4.78 is 11.3. The van der Waals surface area contributed by atoms with Gasteiger partial charge in [-0.25, -0.2) is 4.98 Å². The number of aromatic nitrogens is 6. The van der Waals surface area contributed by atoms with Crippen molar-refractivity contribution in [3.05, 3.63) is 52.8 Å². The predicted molar refractivity (Wildman–Crippen MR) is 115 cm³/mol. The Morgan fingerprint density at radius 1 is 1.13 bits per heavy atom. The van der Waals surface area contributed by atoms with Crippen molar-refractivity contribution in [2.75, 3.05) is 13.2 Å². The standard InChI is InChI=1S/C22H25N7O2/c30-22-20-21(29-13-17(25-26-29)16-7-5-10-23-16)24-14-28(20)19-9-2-1-8-18(19)27(22)12-15-6-3-4-11-31-15/h1-2,8-9,13-16,23H,3-7,10-12H2. The predicted octanol–water partition coefficient (Wildman–Crippen LogP) is 2.22. The van der Waals surface area contributed by atoms with E-state index < -0.39 is 0 Å². The Morgan fingerprint density at radius 3 is 2.84 bits per heavy atom. The van der Waals surface area contributed by atoms with Crippen LogP contribution in [0, 0.1) is 0 Å². The maximum Gasteiger partial charge on any atom is 0.279 e. The Bertz CT molecular complexity index is 1290. The van der Waals surface area contributed by atoms with E-state index >= 15 is 0 Å². The van der Waals surface area contributed by atoms with Crippen LogP contribution in [0.3, 0.4) is 0 Å². The summed E-state index contributed by atoms with van der Waals surface area (Å²) in [4.78, 5) is 18.3. The highest BCUT2D eigenvalue weighted by molar-refractivity contribution is 5.80. The van der Waals surface area contributed by atoms with Gasteiger partial charge in [-0.2, -0.15) is 4.68 Å². The first-order chi connectivity index (χ1) is 15.3. The van der Waals surface area contributed by atoms with E-state index in [1.54, 1.807) is 11.0 Å². The zero-order valence-corrected chi connectivity index (χ0v) is 17.3. The molecule has 31 heavy (non-hydrogen) atoms. The molecule has 1 aromatic carbocycles. The van der Waals surface area contributed by atoms with E-state index in [2.05, 4.69) is 20.6 Å². The van der Waals surface area contributed by atoms with Crippen molar-refractivity contribution in [2.45, 2.75) is 50.8 Å². The van der Waals surface area contributed by atoms with Gasteiger partial charge in [0, 0.05) is 6.61 Å². The van der Waals surface area contributed by atoms with Gasteiger partial charge in [-0.05, 0) is 50.8 Å². The Kier molecular flexibility index (Phi) is 4.57. The molecule has 2 aliphatic heterocycles. The molecule has 9 nitrogen and oxygen atoms in total. The summed E-state index contributed by atoms with van der Waals surface area (Å²) in [6.07, 6.45) is 9.00. The maximum atomic E-state index is 13.7. The molecular weight excluding hydrogens is 394 g/mol. The number of rotatable bonds is 4. The zero-order chi connectivity index (χ0) is 20.8. The molecular formula is C22H25N7O2. The van der Waals surface area contributed by atoms with E-state index in [1.807, 2.05) is 39.4 Å². The van der Waals surface area contributed by atoms with Crippen molar-refractivity contribution in [1.29, 1.82) is 0 Å². The first-order valence-corrected chi connectivity index (χ1v) is 11.1. The number of para-hydroxylation sites is 2. The van der Waals surface area contributed by atoms with Crippen LogP contribution in [0.5, 0.6) is 0 Å². The molecule has 0 spiro atoms. The van der Waals surface area contributed by atoms with Gasteiger partial charge >= 0.3 is 0 Å². The fourth-order valence-electron chi connectivity index (χ4n) is 4.83. The Balaban J connectivity index is 1.50. The van der Waals surface area contributed by atoms with Gasteiger partial charge < -0.3 is 14.6 Å². The largest absolute Gasteiger partial charge is 0.376 e. The van der Waals surface area contributed by atoms with Crippen molar-refractivity contribution in [2.24, 2.45) is 0 Å². The highest BCUT2D eigenvalue weighted by Gasteiger charge is 2.23. The summed E-state index contributed by atoms with van der Waals surface area (Å²) in [5.74, 6) is 0.505. The average molecular weight is 419 g/mol. The molecule has 3 aromatic heterocycles. The van der Waals surface area contributed by atoms with Crippen LogP contribution < -0.4 is 10.9 Å². The molecule has 2 aliphatic rings. The molecule has 2 fully saturated rings. The molecule has 0 aliphatic carbocycles. The van der Waals surface area contributed by atoms with Crippen molar-refractivity contribution >= 4 is 16.6 Å². The molecule has 0 saturated carbocycles. The lowest BCUT2D eigenvalue weighted by molar-refractivity contribution is 0.00619. The minimum atomic E-state index is -0.0867. The van der Waals surface area contributed by atoms with Gasteiger partial charge in [0.2, 0.25) is 0 Å². The number of imidazole rings is 1. The van der Waals surface area contributed by atoms with Crippen molar-refractivity contribution in [3.63, 3.8) is 0 Å². The second-order valence-corrected chi connectivity index (χ2v) is 8.42. The van der Waals surface area contributed by atoms with E-state index in [1.165, 1.54) is 0 Å². The Morgan fingerprint density at radius 2 is 2.03 bits per heavy atom. The minimum Gasteiger partial charge on any atom is -0.376 e. The van der Waals surface area contributed by atoms with Gasteiger partial charge in [-0.1, -0.05) is 17.3 Å². The second kappa shape index (κ2) is 7.58. The van der Waals surface area contributed by atoms with Gasteiger partial charge in [-0.3, -0.25) is 9.20 Å². The molecule has 9 heteroatoms. The number of fused-ring (bicyclic) bond motifs is 3. The number of benzene rings is 1. The van der Waals surface area contributed by atoms with Crippen molar-refractivity contribution < 1.29 is 4.74 Å². The third-order valence-electron chi connectivity index (χ3n) is 6.43.